The molecule has 0 bridgehead atoms. The van der Waals surface area contributed by atoms with Crippen LogP contribution in [0.5, 0.6) is 0 Å². The van der Waals surface area contributed by atoms with Gasteiger partial charge in [0.2, 0.25) is 17.7 Å². The fourth-order valence-electron chi connectivity index (χ4n) is 2.58. The zero-order valence-electron chi connectivity index (χ0n) is 16.6. The van der Waals surface area contributed by atoms with Crippen LogP contribution in [0.3, 0.4) is 0 Å². The summed E-state index contributed by atoms with van der Waals surface area (Å²) in [4.78, 5) is 59.1. The van der Waals surface area contributed by atoms with Gasteiger partial charge in [0.25, 0.3) is 0 Å². The minimum Gasteiger partial charge on any atom is -0.481 e. The highest BCUT2D eigenvalue weighted by Gasteiger charge is 2.29. The van der Waals surface area contributed by atoms with Gasteiger partial charge in [-0.2, -0.15) is 12.6 Å². The smallest absolute Gasteiger partial charge is 0.327 e. The Labute approximate surface area is 184 Å². The van der Waals surface area contributed by atoms with Crippen LogP contribution in [-0.2, 0) is 30.4 Å². The SMILES string of the molecule is NCC(=O)NC(CCC(=O)O)C(=O)NC(Cc1ccccc1)C(=O)NC(CS)C(=O)O. The first-order valence-electron chi connectivity index (χ1n) is 9.37. The topological polar surface area (TPSA) is 188 Å². The summed E-state index contributed by atoms with van der Waals surface area (Å²) >= 11 is 3.90. The molecule has 170 valence electrons. The Hall–Kier alpha value is -3.12. The van der Waals surface area contributed by atoms with Crippen LogP contribution in [-0.4, -0.2) is 70.3 Å². The molecule has 7 N–H and O–H groups in total. The molecular formula is C19H26N4O7S. The molecule has 0 heterocycles. The summed E-state index contributed by atoms with van der Waals surface area (Å²) < 4.78 is 0. The van der Waals surface area contributed by atoms with Gasteiger partial charge in [-0.15, -0.1) is 0 Å². The monoisotopic (exact) mass is 454 g/mol. The molecule has 0 aliphatic heterocycles. The average molecular weight is 455 g/mol. The van der Waals surface area contributed by atoms with E-state index in [1.165, 1.54) is 0 Å². The number of carbonyl (C=O) groups is 5. The molecule has 3 atom stereocenters. The maximum absolute atomic E-state index is 12.7. The number of carboxylic acid groups (broad SMARTS) is 2. The Morgan fingerprint density at radius 2 is 1.48 bits per heavy atom. The van der Waals surface area contributed by atoms with Crippen LogP contribution in [0.1, 0.15) is 18.4 Å². The molecule has 0 saturated carbocycles. The van der Waals surface area contributed by atoms with E-state index in [-0.39, 0.29) is 18.6 Å². The molecular weight excluding hydrogens is 428 g/mol. The predicted molar refractivity (Wildman–Crippen MR) is 113 cm³/mol. The van der Waals surface area contributed by atoms with Crippen molar-refractivity contribution < 1.29 is 34.2 Å². The van der Waals surface area contributed by atoms with E-state index in [0.717, 1.165) is 0 Å². The van der Waals surface area contributed by atoms with Crippen molar-refractivity contribution in [2.75, 3.05) is 12.3 Å². The number of thiol groups is 1. The van der Waals surface area contributed by atoms with E-state index in [0.29, 0.717) is 5.56 Å². The number of nitrogens with two attached hydrogens (primary N) is 1. The van der Waals surface area contributed by atoms with Gasteiger partial charge in [-0.1, -0.05) is 30.3 Å². The third kappa shape index (κ3) is 9.49. The third-order valence-electron chi connectivity index (χ3n) is 4.20. The van der Waals surface area contributed by atoms with Crippen LogP contribution in [0.4, 0.5) is 0 Å². The molecule has 3 amide bonds. The minimum atomic E-state index is -1.29. The summed E-state index contributed by atoms with van der Waals surface area (Å²) in [6.45, 7) is -0.410. The van der Waals surface area contributed by atoms with Crippen LogP contribution >= 0.6 is 12.6 Å². The molecule has 0 saturated heterocycles. The zero-order chi connectivity index (χ0) is 23.4. The summed E-state index contributed by atoms with van der Waals surface area (Å²) in [5, 5.41) is 25.1. The van der Waals surface area contributed by atoms with Crippen molar-refractivity contribution in [2.45, 2.75) is 37.4 Å². The number of hydrogen-bond acceptors (Lipinski definition) is 7. The number of rotatable bonds is 13. The summed E-state index contributed by atoms with van der Waals surface area (Å²) in [5.41, 5.74) is 5.93. The Kier molecular flexibility index (Phi) is 11.1. The number of benzene rings is 1. The van der Waals surface area contributed by atoms with Crippen molar-refractivity contribution in [2.24, 2.45) is 5.73 Å². The molecule has 0 aliphatic carbocycles. The second kappa shape index (κ2) is 13.2. The molecule has 31 heavy (non-hydrogen) atoms. The van der Waals surface area contributed by atoms with Gasteiger partial charge in [-0.25, -0.2) is 4.79 Å². The van der Waals surface area contributed by atoms with Gasteiger partial charge in [-0.3, -0.25) is 19.2 Å². The van der Waals surface area contributed by atoms with Gasteiger partial charge in [0.05, 0.1) is 6.54 Å². The normalized spacial score (nSPS) is 13.4. The maximum Gasteiger partial charge on any atom is 0.327 e. The van der Waals surface area contributed by atoms with Crippen LogP contribution in [0.15, 0.2) is 30.3 Å². The average Bonchev–Trinajstić information content (AvgIpc) is 2.74. The van der Waals surface area contributed by atoms with E-state index in [1.54, 1.807) is 30.3 Å². The van der Waals surface area contributed by atoms with Crippen LogP contribution < -0.4 is 21.7 Å². The van der Waals surface area contributed by atoms with Crippen molar-refractivity contribution in [3.8, 4) is 0 Å². The maximum atomic E-state index is 12.7. The van der Waals surface area contributed by atoms with Crippen molar-refractivity contribution >= 4 is 42.3 Å². The molecule has 11 nitrogen and oxygen atoms in total. The minimum absolute atomic E-state index is 0.0355. The summed E-state index contributed by atoms with van der Waals surface area (Å²) in [6, 6.07) is 4.98. The van der Waals surface area contributed by atoms with E-state index in [1.807, 2.05) is 0 Å². The highest BCUT2D eigenvalue weighted by atomic mass is 32.1. The summed E-state index contributed by atoms with van der Waals surface area (Å²) in [5.74, 6) is -4.85. The molecule has 0 aliphatic rings. The molecule has 0 radical (unpaired) electrons. The molecule has 1 aromatic carbocycles. The molecule has 12 heteroatoms. The van der Waals surface area contributed by atoms with Crippen molar-refractivity contribution in [3.05, 3.63) is 35.9 Å². The number of amides is 3. The largest absolute Gasteiger partial charge is 0.481 e. The molecule has 3 unspecified atom stereocenters. The Balaban J connectivity index is 3.04. The van der Waals surface area contributed by atoms with E-state index in [2.05, 4.69) is 28.6 Å². The Morgan fingerprint density at radius 1 is 0.903 bits per heavy atom. The third-order valence-corrected chi connectivity index (χ3v) is 4.56. The predicted octanol–water partition coefficient (Wildman–Crippen LogP) is -1.48. The number of aliphatic carboxylic acids is 2. The number of carboxylic acids is 2. The second-order valence-electron chi connectivity index (χ2n) is 6.59. The summed E-state index contributed by atoms with van der Waals surface area (Å²) in [7, 11) is 0. The quantitative estimate of drug-likeness (QED) is 0.176. The lowest BCUT2D eigenvalue weighted by atomic mass is 10.0. The Bertz CT molecular complexity index is 791. The Morgan fingerprint density at radius 3 is 2.00 bits per heavy atom. The molecule has 1 rings (SSSR count). The van der Waals surface area contributed by atoms with Gasteiger partial charge < -0.3 is 31.9 Å². The highest BCUT2D eigenvalue weighted by molar-refractivity contribution is 7.80. The van der Waals surface area contributed by atoms with Crippen LogP contribution in [0.25, 0.3) is 0 Å². The van der Waals surface area contributed by atoms with Gasteiger partial charge in [-0.05, 0) is 12.0 Å². The molecule has 0 fully saturated rings. The molecule has 1 aromatic rings. The fourth-order valence-corrected chi connectivity index (χ4v) is 2.83. The first kappa shape index (κ1) is 25.9. The van der Waals surface area contributed by atoms with Gasteiger partial charge in [0.1, 0.15) is 18.1 Å². The van der Waals surface area contributed by atoms with Crippen LogP contribution in [0.2, 0.25) is 0 Å². The number of hydrogen-bond donors (Lipinski definition) is 7. The lowest BCUT2D eigenvalue weighted by Crippen LogP contribution is -2.57. The lowest BCUT2D eigenvalue weighted by Gasteiger charge is -2.24. The van der Waals surface area contributed by atoms with E-state index >= 15 is 0 Å². The standard InChI is InChI=1S/C19H26N4O7S/c20-9-15(24)21-12(6-7-16(25)26)17(27)22-13(8-11-4-2-1-3-5-11)18(28)23-14(10-31)19(29)30/h1-5,12-14,31H,6-10,20H2,(H,21,24)(H,22,27)(H,23,28)(H,25,26)(H,29,30). The number of carbonyl (C=O) groups excluding carboxylic acids is 3. The van der Waals surface area contributed by atoms with Gasteiger partial charge in [0, 0.05) is 18.6 Å². The first-order valence-corrected chi connectivity index (χ1v) is 10.0. The lowest BCUT2D eigenvalue weighted by molar-refractivity contribution is -0.141. The first-order chi connectivity index (χ1) is 14.7. The van der Waals surface area contributed by atoms with Gasteiger partial charge >= 0.3 is 11.9 Å². The number of nitrogens with one attached hydrogen (secondary N) is 3. The van der Waals surface area contributed by atoms with Crippen LogP contribution in [0, 0.1) is 0 Å². The molecule has 0 spiro atoms. The van der Waals surface area contributed by atoms with Gasteiger partial charge in [0.15, 0.2) is 0 Å². The fraction of sp³-hybridized carbons (Fsp3) is 0.421. The van der Waals surface area contributed by atoms with Crippen molar-refractivity contribution in [1.82, 2.24) is 16.0 Å². The molecule has 0 aromatic heterocycles. The van der Waals surface area contributed by atoms with Crippen molar-refractivity contribution in [3.63, 3.8) is 0 Å². The zero-order valence-corrected chi connectivity index (χ0v) is 17.5. The summed E-state index contributed by atoms with van der Waals surface area (Å²) in [6.07, 6.45) is -0.589. The second-order valence-corrected chi connectivity index (χ2v) is 6.95. The van der Waals surface area contributed by atoms with E-state index in [4.69, 9.17) is 15.9 Å². The van der Waals surface area contributed by atoms with E-state index in [9.17, 15) is 24.0 Å². The highest BCUT2D eigenvalue weighted by Crippen LogP contribution is 2.06. The van der Waals surface area contributed by atoms with Crippen molar-refractivity contribution in [1.29, 1.82) is 0 Å². The van der Waals surface area contributed by atoms with E-state index < -0.39 is 60.8 Å².